The van der Waals surface area contributed by atoms with Crippen LogP contribution in [-0.2, 0) is 0 Å². The third kappa shape index (κ3) is 1.67. The molecule has 0 aromatic carbocycles. The molecule has 0 aliphatic rings. The van der Waals surface area contributed by atoms with Crippen molar-refractivity contribution in [2.75, 3.05) is 12.8 Å². The van der Waals surface area contributed by atoms with Gasteiger partial charge in [0, 0.05) is 6.07 Å². The summed E-state index contributed by atoms with van der Waals surface area (Å²) < 4.78 is 9.07. The minimum atomic E-state index is 0.509. The van der Waals surface area contributed by atoms with Gasteiger partial charge < -0.3 is 10.5 Å². The first-order valence-corrected chi connectivity index (χ1v) is 4.80. The molecule has 0 fully saturated rings. The Morgan fingerprint density at radius 3 is 2.93 bits per heavy atom. The molecule has 0 bridgehead atoms. The van der Waals surface area contributed by atoms with Gasteiger partial charge in [0.1, 0.15) is 5.82 Å². The second kappa shape index (κ2) is 3.63. The van der Waals surface area contributed by atoms with Gasteiger partial charge in [0.05, 0.1) is 17.7 Å². The quantitative estimate of drug-likeness (QED) is 0.815. The van der Waals surface area contributed by atoms with Gasteiger partial charge in [-0.05, 0) is 23.7 Å². The van der Waals surface area contributed by atoms with E-state index in [0.29, 0.717) is 11.7 Å². The van der Waals surface area contributed by atoms with Crippen LogP contribution < -0.4 is 10.5 Å². The summed E-state index contributed by atoms with van der Waals surface area (Å²) in [6.45, 7) is 0. The highest BCUT2D eigenvalue weighted by molar-refractivity contribution is 7.09. The van der Waals surface area contributed by atoms with E-state index in [1.54, 1.807) is 13.2 Å². The van der Waals surface area contributed by atoms with Gasteiger partial charge in [0.25, 0.3) is 0 Å². The number of pyridine rings is 1. The summed E-state index contributed by atoms with van der Waals surface area (Å²) in [7, 11) is 1.59. The summed E-state index contributed by atoms with van der Waals surface area (Å²) in [5.41, 5.74) is 6.40. The van der Waals surface area contributed by atoms with Gasteiger partial charge in [-0.25, -0.2) is 4.98 Å². The average molecular weight is 207 g/mol. The molecule has 0 saturated heterocycles. The van der Waals surface area contributed by atoms with Crippen LogP contribution in [0.15, 0.2) is 24.3 Å². The molecule has 0 unspecified atom stereocenters. The van der Waals surface area contributed by atoms with E-state index >= 15 is 0 Å². The highest BCUT2D eigenvalue weighted by atomic mass is 32.1. The fourth-order valence-electron chi connectivity index (χ4n) is 1.06. The fourth-order valence-corrected chi connectivity index (χ4v) is 1.74. The largest absolute Gasteiger partial charge is 0.480 e. The van der Waals surface area contributed by atoms with Gasteiger partial charge >= 0.3 is 0 Å². The molecule has 4 nitrogen and oxygen atoms in total. The summed E-state index contributed by atoms with van der Waals surface area (Å²) in [6.07, 6.45) is 0. The number of hydrogen-bond acceptors (Lipinski definition) is 5. The Hall–Kier alpha value is -1.62. The van der Waals surface area contributed by atoms with E-state index in [4.69, 9.17) is 10.5 Å². The molecule has 72 valence electrons. The Bertz CT molecular complexity index is 441. The second-order valence-electron chi connectivity index (χ2n) is 2.68. The van der Waals surface area contributed by atoms with E-state index in [9.17, 15) is 0 Å². The van der Waals surface area contributed by atoms with Crippen molar-refractivity contribution in [3.8, 4) is 16.5 Å². The topological polar surface area (TPSA) is 61.0 Å². The van der Waals surface area contributed by atoms with Gasteiger partial charge in [-0.1, -0.05) is 6.07 Å². The first kappa shape index (κ1) is 8.96. The molecule has 2 heterocycles. The van der Waals surface area contributed by atoms with E-state index in [2.05, 4.69) is 9.36 Å². The van der Waals surface area contributed by atoms with Crippen molar-refractivity contribution >= 4 is 17.4 Å². The Morgan fingerprint density at radius 1 is 1.43 bits per heavy atom. The summed E-state index contributed by atoms with van der Waals surface area (Å²) >= 11 is 1.34. The molecular formula is C9H9N3OS. The average Bonchev–Trinajstić information content (AvgIpc) is 2.66. The van der Waals surface area contributed by atoms with Crippen LogP contribution in [0.3, 0.4) is 0 Å². The van der Waals surface area contributed by atoms with E-state index in [1.165, 1.54) is 11.5 Å². The number of methoxy groups -OCH3 is 1. The van der Waals surface area contributed by atoms with Crippen LogP contribution in [0.25, 0.3) is 10.6 Å². The zero-order chi connectivity index (χ0) is 9.97. The van der Waals surface area contributed by atoms with E-state index < -0.39 is 0 Å². The number of nitrogen functional groups attached to an aromatic ring is 1. The Labute approximate surface area is 85.5 Å². The lowest BCUT2D eigenvalue weighted by atomic mass is 10.3. The Kier molecular flexibility index (Phi) is 2.32. The van der Waals surface area contributed by atoms with Gasteiger partial charge in [0.15, 0.2) is 0 Å². The molecule has 0 aliphatic heterocycles. The van der Waals surface area contributed by atoms with Crippen molar-refractivity contribution in [3.05, 3.63) is 24.3 Å². The summed E-state index contributed by atoms with van der Waals surface area (Å²) in [5, 5.41) is 0. The predicted octanol–water partition coefficient (Wildman–Crippen LogP) is 1.80. The summed E-state index contributed by atoms with van der Waals surface area (Å²) in [5.74, 6) is 1.11. The number of nitrogens with two attached hydrogens (primary N) is 1. The van der Waals surface area contributed by atoms with Gasteiger partial charge in [-0.2, -0.15) is 4.37 Å². The van der Waals surface area contributed by atoms with Crippen molar-refractivity contribution < 1.29 is 4.74 Å². The molecule has 5 heteroatoms. The monoisotopic (exact) mass is 207 g/mol. The maximum Gasteiger partial charge on any atom is 0.225 e. The fraction of sp³-hybridized carbons (Fsp3) is 0.111. The first-order chi connectivity index (χ1) is 6.79. The maximum absolute atomic E-state index is 5.58. The highest BCUT2D eigenvalue weighted by Crippen LogP contribution is 2.26. The number of hydrogen-bond donors (Lipinski definition) is 1. The molecular weight excluding hydrogens is 198 g/mol. The molecule has 0 amide bonds. The molecule has 0 saturated carbocycles. The summed E-state index contributed by atoms with van der Waals surface area (Å²) in [4.78, 5) is 5.14. The Balaban J connectivity index is 2.39. The smallest absolute Gasteiger partial charge is 0.225 e. The van der Waals surface area contributed by atoms with Crippen LogP contribution in [0, 0.1) is 0 Å². The number of ether oxygens (including phenoxy) is 1. The maximum atomic E-state index is 5.58. The first-order valence-electron chi connectivity index (χ1n) is 4.03. The van der Waals surface area contributed by atoms with Gasteiger partial charge in [-0.3, -0.25) is 0 Å². The SMILES string of the molecule is COc1cc(-c2cccc(N)n2)sn1. The lowest BCUT2D eigenvalue weighted by Gasteiger charge is -1.95. The molecule has 0 radical (unpaired) electrons. The van der Waals surface area contributed by atoms with Crippen molar-refractivity contribution in [1.82, 2.24) is 9.36 Å². The minimum Gasteiger partial charge on any atom is -0.480 e. The minimum absolute atomic E-state index is 0.509. The van der Waals surface area contributed by atoms with E-state index in [1.807, 2.05) is 18.2 Å². The van der Waals surface area contributed by atoms with Crippen LogP contribution in [0.5, 0.6) is 5.88 Å². The molecule has 2 rings (SSSR count). The van der Waals surface area contributed by atoms with E-state index in [0.717, 1.165) is 10.6 Å². The lowest BCUT2D eigenvalue weighted by Crippen LogP contribution is -1.89. The lowest BCUT2D eigenvalue weighted by molar-refractivity contribution is 0.403. The van der Waals surface area contributed by atoms with Crippen LogP contribution in [0.1, 0.15) is 0 Å². The molecule has 2 aromatic rings. The molecule has 0 aliphatic carbocycles. The number of anilines is 1. The third-order valence-electron chi connectivity index (χ3n) is 1.72. The number of aromatic nitrogens is 2. The number of rotatable bonds is 2. The molecule has 0 spiro atoms. The van der Waals surface area contributed by atoms with E-state index in [-0.39, 0.29) is 0 Å². The molecule has 14 heavy (non-hydrogen) atoms. The molecule has 2 aromatic heterocycles. The van der Waals surface area contributed by atoms with Crippen LogP contribution in [0.2, 0.25) is 0 Å². The molecule has 2 N–H and O–H groups in total. The normalized spacial score (nSPS) is 10.1. The zero-order valence-electron chi connectivity index (χ0n) is 7.60. The van der Waals surface area contributed by atoms with Crippen LogP contribution >= 0.6 is 11.5 Å². The predicted molar refractivity (Wildman–Crippen MR) is 56.3 cm³/mol. The standard InChI is InChI=1S/C9H9N3OS/c1-13-9-5-7(14-12-9)6-3-2-4-8(10)11-6/h2-5H,1H3,(H2,10,11). The second-order valence-corrected chi connectivity index (χ2v) is 3.49. The van der Waals surface area contributed by atoms with Gasteiger partial charge in [0.2, 0.25) is 5.88 Å². The Morgan fingerprint density at radius 2 is 2.29 bits per heavy atom. The zero-order valence-corrected chi connectivity index (χ0v) is 8.41. The third-order valence-corrected chi connectivity index (χ3v) is 2.52. The van der Waals surface area contributed by atoms with Crippen LogP contribution in [-0.4, -0.2) is 16.5 Å². The van der Waals surface area contributed by atoms with Crippen molar-refractivity contribution in [3.63, 3.8) is 0 Å². The van der Waals surface area contributed by atoms with Gasteiger partial charge in [-0.15, -0.1) is 0 Å². The molecule has 0 atom stereocenters. The van der Waals surface area contributed by atoms with Crippen molar-refractivity contribution in [1.29, 1.82) is 0 Å². The summed E-state index contributed by atoms with van der Waals surface area (Å²) in [6, 6.07) is 7.35. The van der Waals surface area contributed by atoms with Crippen molar-refractivity contribution in [2.24, 2.45) is 0 Å². The van der Waals surface area contributed by atoms with Crippen molar-refractivity contribution in [2.45, 2.75) is 0 Å². The highest BCUT2D eigenvalue weighted by Gasteiger charge is 2.05. The van der Waals surface area contributed by atoms with Crippen LogP contribution in [0.4, 0.5) is 5.82 Å². The number of nitrogens with zero attached hydrogens (tertiary/aromatic N) is 2.